The second-order valence-electron chi connectivity index (χ2n) is 5.57. The van der Waals surface area contributed by atoms with E-state index in [0.29, 0.717) is 6.42 Å². The molecule has 1 heterocycles. The van der Waals surface area contributed by atoms with Crippen LogP contribution in [0.5, 0.6) is 0 Å². The Morgan fingerprint density at radius 3 is 2.57 bits per heavy atom. The highest BCUT2D eigenvalue weighted by molar-refractivity contribution is 7.09. The Labute approximate surface area is 156 Å². The Kier molecular flexibility index (Phi) is 8.62. The summed E-state index contributed by atoms with van der Waals surface area (Å²) in [5, 5.41) is 5.78. The lowest BCUT2D eigenvalue weighted by Crippen LogP contribution is -2.30. The fraction of sp³-hybridized carbons (Fsp3) is 0.500. The van der Waals surface area contributed by atoms with E-state index in [4.69, 9.17) is 34.8 Å². The molecule has 0 saturated carbocycles. The molecule has 0 spiro atoms. The average Bonchev–Trinajstić information content (AvgIpc) is 2.96. The van der Waals surface area contributed by atoms with Gasteiger partial charge in [0.05, 0.1) is 6.04 Å². The molecule has 0 fully saturated rings. The normalized spacial score (nSPS) is 15.4. The third kappa shape index (κ3) is 7.71. The molecule has 0 radical (unpaired) electrons. The van der Waals surface area contributed by atoms with Crippen LogP contribution in [0.3, 0.4) is 0 Å². The molecule has 0 aliphatic rings. The van der Waals surface area contributed by atoms with Gasteiger partial charge in [-0.05, 0) is 12.3 Å². The number of alkyl halides is 3. The molecule has 0 saturated heterocycles. The molecule has 128 valence electrons. The number of thiazole rings is 1. The summed E-state index contributed by atoms with van der Waals surface area (Å²) in [6, 6.07) is -0.0829. The molecular weight excluding hydrogens is 375 g/mol. The second kappa shape index (κ2) is 9.67. The van der Waals surface area contributed by atoms with E-state index in [9.17, 15) is 4.79 Å². The number of nitrogens with one attached hydrogen (secondary N) is 1. The number of allylic oxidation sites excluding steroid dienone is 3. The van der Waals surface area contributed by atoms with Gasteiger partial charge in [-0.2, -0.15) is 0 Å². The van der Waals surface area contributed by atoms with Crippen LogP contribution in [0.15, 0.2) is 35.9 Å². The quantitative estimate of drug-likeness (QED) is 0.378. The van der Waals surface area contributed by atoms with Crippen molar-refractivity contribution in [3.63, 3.8) is 0 Å². The van der Waals surface area contributed by atoms with Crippen LogP contribution in [0.1, 0.15) is 38.2 Å². The van der Waals surface area contributed by atoms with Crippen molar-refractivity contribution in [3.8, 4) is 0 Å². The van der Waals surface area contributed by atoms with Crippen LogP contribution < -0.4 is 5.32 Å². The summed E-state index contributed by atoms with van der Waals surface area (Å²) in [6.07, 6.45) is 9.18. The first-order chi connectivity index (χ1) is 10.7. The van der Waals surface area contributed by atoms with Crippen LogP contribution in [-0.2, 0) is 4.79 Å². The van der Waals surface area contributed by atoms with Gasteiger partial charge in [0.1, 0.15) is 5.01 Å². The van der Waals surface area contributed by atoms with Crippen molar-refractivity contribution in [1.82, 2.24) is 10.3 Å². The van der Waals surface area contributed by atoms with Gasteiger partial charge in [-0.15, -0.1) is 11.3 Å². The highest BCUT2D eigenvalue weighted by atomic mass is 35.6. The van der Waals surface area contributed by atoms with Crippen LogP contribution in [0.25, 0.3) is 0 Å². The Bertz CT molecular complexity index is 536. The third-order valence-corrected chi connectivity index (χ3v) is 5.20. The molecule has 23 heavy (non-hydrogen) atoms. The molecule has 0 aromatic carbocycles. The summed E-state index contributed by atoms with van der Waals surface area (Å²) < 4.78 is -1.27. The number of halogens is 3. The topological polar surface area (TPSA) is 42.0 Å². The van der Waals surface area contributed by atoms with Gasteiger partial charge in [-0.3, -0.25) is 4.79 Å². The lowest BCUT2D eigenvalue weighted by atomic mass is 10.1. The smallest absolute Gasteiger partial charge is 0.244 e. The van der Waals surface area contributed by atoms with Crippen LogP contribution in [-0.4, -0.2) is 14.7 Å². The fourth-order valence-electron chi connectivity index (χ4n) is 1.74. The van der Waals surface area contributed by atoms with E-state index >= 15 is 0 Å². The standard InChI is InChI=1S/C16H21Cl3N2OS/c1-11(2)14(15-20-9-10-23-15)21-13(22)8-6-4-5-7-12(3)16(17,18)19/h4-6,8-12,14H,7H2,1-3H3,(H,21,22). The Balaban J connectivity index is 2.49. The lowest BCUT2D eigenvalue weighted by molar-refractivity contribution is -0.117. The number of amides is 1. The lowest BCUT2D eigenvalue weighted by Gasteiger charge is -2.19. The summed E-state index contributed by atoms with van der Waals surface area (Å²) in [5.74, 6) is 0.0124. The van der Waals surface area contributed by atoms with Gasteiger partial charge < -0.3 is 5.32 Å². The van der Waals surface area contributed by atoms with E-state index in [1.807, 2.05) is 32.2 Å². The highest BCUT2D eigenvalue weighted by Crippen LogP contribution is 2.36. The summed E-state index contributed by atoms with van der Waals surface area (Å²) in [6.45, 7) is 5.96. The third-order valence-electron chi connectivity index (χ3n) is 3.23. The first-order valence-electron chi connectivity index (χ1n) is 7.31. The number of hydrogen-bond donors (Lipinski definition) is 1. The number of aromatic nitrogens is 1. The van der Waals surface area contributed by atoms with Crippen molar-refractivity contribution < 1.29 is 4.79 Å². The zero-order valence-corrected chi connectivity index (χ0v) is 16.4. The van der Waals surface area contributed by atoms with Crippen molar-refractivity contribution in [2.45, 2.75) is 37.0 Å². The van der Waals surface area contributed by atoms with E-state index in [1.165, 1.54) is 17.4 Å². The van der Waals surface area contributed by atoms with E-state index in [2.05, 4.69) is 10.3 Å². The maximum atomic E-state index is 12.0. The Morgan fingerprint density at radius 1 is 1.35 bits per heavy atom. The number of rotatable bonds is 7. The summed E-state index contributed by atoms with van der Waals surface area (Å²) in [4.78, 5) is 16.3. The summed E-state index contributed by atoms with van der Waals surface area (Å²) in [7, 11) is 0. The van der Waals surface area contributed by atoms with Gasteiger partial charge in [-0.1, -0.05) is 73.8 Å². The average molecular weight is 396 g/mol. The first kappa shape index (κ1) is 20.5. The molecule has 1 N–H and O–H groups in total. The number of carbonyl (C=O) groups excluding carboxylic acids is 1. The SMILES string of the molecule is CC(C)C(NC(=O)C=CC=CCC(C)C(Cl)(Cl)Cl)c1nccs1. The van der Waals surface area contributed by atoms with E-state index in [0.717, 1.165) is 5.01 Å². The number of nitrogens with zero attached hydrogens (tertiary/aromatic N) is 1. The molecule has 0 aliphatic carbocycles. The van der Waals surface area contributed by atoms with Crippen molar-refractivity contribution >= 4 is 52.0 Å². The summed E-state index contributed by atoms with van der Waals surface area (Å²) >= 11 is 18.9. The van der Waals surface area contributed by atoms with Gasteiger partial charge in [0.15, 0.2) is 3.79 Å². The molecular formula is C16H21Cl3N2OS. The van der Waals surface area contributed by atoms with Gasteiger partial charge in [0, 0.05) is 23.6 Å². The van der Waals surface area contributed by atoms with Crippen LogP contribution in [0, 0.1) is 11.8 Å². The summed E-state index contributed by atoms with van der Waals surface area (Å²) in [5.41, 5.74) is 0. The molecule has 1 aromatic rings. The second-order valence-corrected chi connectivity index (χ2v) is 8.86. The maximum absolute atomic E-state index is 12.0. The van der Waals surface area contributed by atoms with Crippen molar-refractivity contribution in [2.75, 3.05) is 0 Å². The first-order valence-corrected chi connectivity index (χ1v) is 9.33. The molecule has 2 atom stereocenters. The van der Waals surface area contributed by atoms with Crippen molar-refractivity contribution in [1.29, 1.82) is 0 Å². The van der Waals surface area contributed by atoms with Crippen LogP contribution in [0.4, 0.5) is 0 Å². The van der Waals surface area contributed by atoms with Crippen molar-refractivity contribution in [2.24, 2.45) is 11.8 Å². The zero-order valence-electron chi connectivity index (χ0n) is 13.3. The van der Waals surface area contributed by atoms with Crippen LogP contribution in [0.2, 0.25) is 0 Å². The largest absolute Gasteiger partial charge is 0.343 e. The Morgan fingerprint density at radius 2 is 2.04 bits per heavy atom. The predicted molar refractivity (Wildman–Crippen MR) is 100 cm³/mol. The van der Waals surface area contributed by atoms with E-state index in [-0.39, 0.29) is 23.8 Å². The fourth-order valence-corrected chi connectivity index (χ4v) is 2.87. The number of carbonyl (C=O) groups is 1. The molecule has 2 unspecified atom stereocenters. The molecule has 3 nitrogen and oxygen atoms in total. The molecule has 7 heteroatoms. The minimum atomic E-state index is -1.27. The van der Waals surface area contributed by atoms with Gasteiger partial charge >= 0.3 is 0 Å². The molecule has 1 amide bonds. The zero-order chi connectivity index (χ0) is 17.5. The van der Waals surface area contributed by atoms with Crippen molar-refractivity contribution in [3.05, 3.63) is 40.9 Å². The molecule has 0 bridgehead atoms. The number of hydrogen-bond acceptors (Lipinski definition) is 3. The van der Waals surface area contributed by atoms with E-state index in [1.54, 1.807) is 18.3 Å². The van der Waals surface area contributed by atoms with Gasteiger partial charge in [-0.25, -0.2) is 4.98 Å². The monoisotopic (exact) mass is 394 g/mol. The molecule has 1 aromatic heterocycles. The van der Waals surface area contributed by atoms with Gasteiger partial charge in [0.2, 0.25) is 5.91 Å². The maximum Gasteiger partial charge on any atom is 0.244 e. The molecule has 1 rings (SSSR count). The minimum Gasteiger partial charge on any atom is -0.343 e. The highest BCUT2D eigenvalue weighted by Gasteiger charge is 2.27. The Hall–Kier alpha value is -0.550. The van der Waals surface area contributed by atoms with E-state index < -0.39 is 3.79 Å². The minimum absolute atomic E-state index is 0.0829. The predicted octanol–water partition coefficient (Wildman–Crippen LogP) is 5.47. The van der Waals surface area contributed by atoms with Crippen LogP contribution >= 0.6 is 46.1 Å². The molecule has 0 aliphatic heterocycles. The van der Waals surface area contributed by atoms with Gasteiger partial charge in [0.25, 0.3) is 0 Å².